The summed E-state index contributed by atoms with van der Waals surface area (Å²) < 4.78 is 0. The molecule has 0 bridgehead atoms. The lowest BCUT2D eigenvalue weighted by Crippen LogP contribution is -2.12. The molecule has 0 aliphatic heterocycles. The van der Waals surface area contributed by atoms with Crippen molar-refractivity contribution in [1.29, 1.82) is 0 Å². The quantitative estimate of drug-likeness (QED) is 0.733. The Balaban J connectivity index is 1.96. The maximum absolute atomic E-state index is 9.36. The number of rotatable bonds is 5. The van der Waals surface area contributed by atoms with Crippen LogP contribution in [0.4, 0.5) is 5.69 Å². The van der Waals surface area contributed by atoms with Crippen LogP contribution < -0.4 is 5.32 Å². The number of aromatic nitrogens is 1. The lowest BCUT2D eigenvalue weighted by molar-refractivity contribution is 0.280. The minimum Gasteiger partial charge on any atom is -0.396 e. The second-order valence-electron chi connectivity index (χ2n) is 5.14. The van der Waals surface area contributed by atoms with Crippen LogP contribution >= 0.6 is 11.6 Å². The summed E-state index contributed by atoms with van der Waals surface area (Å²) in [5.41, 5.74) is 2.99. The molecule has 0 saturated carbocycles. The summed E-state index contributed by atoms with van der Waals surface area (Å²) in [7, 11) is 0. The van der Waals surface area contributed by atoms with Gasteiger partial charge in [-0.2, -0.15) is 0 Å². The summed E-state index contributed by atoms with van der Waals surface area (Å²) in [4.78, 5) is 4.35. The van der Waals surface area contributed by atoms with E-state index in [9.17, 15) is 5.11 Å². The third kappa shape index (κ3) is 3.21. The summed E-state index contributed by atoms with van der Waals surface area (Å²) in [5.74, 6) is 0. The Morgan fingerprint density at radius 2 is 1.91 bits per heavy atom. The number of pyridine rings is 1. The average Bonchev–Trinajstić information content (AvgIpc) is 2.55. The van der Waals surface area contributed by atoms with Gasteiger partial charge in [0.1, 0.15) is 0 Å². The van der Waals surface area contributed by atoms with E-state index in [1.165, 1.54) is 0 Å². The SMILES string of the molecule is OCC[C@@H](Nc1ccnc2cc(Cl)ccc12)c1ccccc1. The molecule has 0 aliphatic rings. The van der Waals surface area contributed by atoms with Crippen molar-refractivity contribution in [1.82, 2.24) is 4.98 Å². The summed E-state index contributed by atoms with van der Waals surface area (Å²) >= 11 is 6.03. The predicted octanol–water partition coefficient (Wildman–Crippen LogP) is 4.42. The third-order valence-electron chi connectivity index (χ3n) is 3.65. The molecule has 2 N–H and O–H groups in total. The van der Waals surface area contributed by atoms with Crippen LogP contribution in [0.25, 0.3) is 10.9 Å². The molecule has 1 aromatic heterocycles. The van der Waals surface area contributed by atoms with Crippen LogP contribution in [0.5, 0.6) is 0 Å². The van der Waals surface area contributed by atoms with Crippen LogP contribution in [0.3, 0.4) is 0 Å². The van der Waals surface area contributed by atoms with Gasteiger partial charge in [-0.15, -0.1) is 0 Å². The number of aliphatic hydroxyl groups is 1. The predicted molar refractivity (Wildman–Crippen MR) is 91.3 cm³/mol. The molecule has 0 spiro atoms. The summed E-state index contributed by atoms with van der Waals surface area (Å²) in [6, 6.07) is 17.8. The van der Waals surface area contributed by atoms with E-state index in [4.69, 9.17) is 11.6 Å². The lowest BCUT2D eigenvalue weighted by atomic mass is 10.0. The van der Waals surface area contributed by atoms with Gasteiger partial charge in [0, 0.05) is 28.9 Å². The van der Waals surface area contributed by atoms with Crippen molar-refractivity contribution in [2.45, 2.75) is 12.5 Å². The van der Waals surface area contributed by atoms with Gasteiger partial charge in [0.05, 0.1) is 11.6 Å². The van der Waals surface area contributed by atoms with E-state index in [1.807, 2.05) is 42.5 Å². The molecule has 22 heavy (non-hydrogen) atoms. The third-order valence-corrected chi connectivity index (χ3v) is 3.89. The molecule has 3 aromatic rings. The highest BCUT2D eigenvalue weighted by atomic mass is 35.5. The van der Waals surface area contributed by atoms with Crippen LogP contribution in [0, 0.1) is 0 Å². The maximum atomic E-state index is 9.36. The molecule has 0 radical (unpaired) electrons. The van der Waals surface area contributed by atoms with Gasteiger partial charge in [-0.05, 0) is 36.2 Å². The number of anilines is 1. The highest BCUT2D eigenvalue weighted by Crippen LogP contribution is 2.29. The van der Waals surface area contributed by atoms with E-state index in [2.05, 4.69) is 22.4 Å². The number of hydrogen-bond donors (Lipinski definition) is 2. The first-order chi connectivity index (χ1) is 10.8. The fourth-order valence-corrected chi connectivity index (χ4v) is 2.74. The van der Waals surface area contributed by atoms with Gasteiger partial charge in [-0.1, -0.05) is 41.9 Å². The molecule has 0 fully saturated rings. The van der Waals surface area contributed by atoms with Crippen molar-refractivity contribution < 1.29 is 5.11 Å². The van der Waals surface area contributed by atoms with E-state index in [1.54, 1.807) is 6.20 Å². The van der Waals surface area contributed by atoms with Crippen LogP contribution in [0.15, 0.2) is 60.8 Å². The van der Waals surface area contributed by atoms with Crippen molar-refractivity contribution >= 4 is 28.2 Å². The number of benzene rings is 2. The summed E-state index contributed by atoms with van der Waals surface area (Å²) in [6.07, 6.45) is 2.41. The zero-order valence-electron chi connectivity index (χ0n) is 12.0. The van der Waals surface area contributed by atoms with Crippen molar-refractivity contribution in [2.75, 3.05) is 11.9 Å². The van der Waals surface area contributed by atoms with E-state index in [-0.39, 0.29) is 12.6 Å². The molecule has 0 aliphatic carbocycles. The number of nitrogens with zero attached hydrogens (tertiary/aromatic N) is 1. The molecule has 2 aromatic carbocycles. The zero-order chi connectivity index (χ0) is 15.4. The number of aliphatic hydroxyl groups excluding tert-OH is 1. The van der Waals surface area contributed by atoms with E-state index < -0.39 is 0 Å². The van der Waals surface area contributed by atoms with E-state index in [0.29, 0.717) is 11.4 Å². The van der Waals surface area contributed by atoms with E-state index in [0.717, 1.165) is 22.2 Å². The van der Waals surface area contributed by atoms with Crippen LogP contribution in [-0.2, 0) is 0 Å². The highest BCUT2D eigenvalue weighted by Gasteiger charge is 2.12. The number of halogens is 1. The minimum atomic E-state index is 0.0486. The van der Waals surface area contributed by atoms with Gasteiger partial charge >= 0.3 is 0 Å². The second kappa shape index (κ2) is 6.77. The molecule has 0 saturated heterocycles. The average molecular weight is 313 g/mol. The smallest absolute Gasteiger partial charge is 0.0737 e. The molecule has 3 nitrogen and oxygen atoms in total. The molecule has 3 rings (SSSR count). The van der Waals surface area contributed by atoms with Gasteiger partial charge < -0.3 is 10.4 Å². The Bertz CT molecular complexity index is 761. The fourth-order valence-electron chi connectivity index (χ4n) is 2.57. The first-order valence-corrected chi connectivity index (χ1v) is 7.62. The molecular formula is C18H17ClN2O. The molecule has 4 heteroatoms. The monoisotopic (exact) mass is 312 g/mol. The van der Waals surface area contributed by atoms with Crippen molar-refractivity contribution in [2.24, 2.45) is 0 Å². The second-order valence-corrected chi connectivity index (χ2v) is 5.58. The number of hydrogen-bond acceptors (Lipinski definition) is 3. The van der Waals surface area contributed by atoms with Gasteiger partial charge in [0.2, 0.25) is 0 Å². The van der Waals surface area contributed by atoms with Crippen LogP contribution in [-0.4, -0.2) is 16.7 Å². The van der Waals surface area contributed by atoms with E-state index >= 15 is 0 Å². The standard InChI is InChI=1S/C18H17ClN2O/c19-14-6-7-15-17(8-10-20-18(15)12-14)21-16(9-11-22)13-4-2-1-3-5-13/h1-8,10,12,16,22H,9,11H2,(H,20,21)/t16-/m1/s1. The van der Waals surface area contributed by atoms with Gasteiger partial charge in [0.25, 0.3) is 0 Å². The Labute approximate surface area is 134 Å². The van der Waals surface area contributed by atoms with Crippen molar-refractivity contribution in [3.05, 3.63) is 71.4 Å². The fraction of sp³-hybridized carbons (Fsp3) is 0.167. The molecule has 0 unspecified atom stereocenters. The minimum absolute atomic E-state index is 0.0486. The van der Waals surface area contributed by atoms with Crippen molar-refractivity contribution in [3.8, 4) is 0 Å². The molecule has 1 heterocycles. The highest BCUT2D eigenvalue weighted by molar-refractivity contribution is 6.31. The van der Waals surface area contributed by atoms with Crippen molar-refractivity contribution in [3.63, 3.8) is 0 Å². The Morgan fingerprint density at radius 1 is 1.09 bits per heavy atom. The number of nitrogens with one attached hydrogen (secondary N) is 1. The van der Waals surface area contributed by atoms with Crippen LogP contribution in [0.1, 0.15) is 18.0 Å². The molecule has 0 amide bonds. The van der Waals surface area contributed by atoms with Crippen LogP contribution in [0.2, 0.25) is 5.02 Å². The molecule has 1 atom stereocenters. The maximum Gasteiger partial charge on any atom is 0.0737 e. The van der Waals surface area contributed by atoms with Gasteiger partial charge in [-0.3, -0.25) is 4.98 Å². The summed E-state index contributed by atoms with van der Waals surface area (Å²) in [6.45, 7) is 0.126. The van der Waals surface area contributed by atoms with Gasteiger partial charge in [-0.25, -0.2) is 0 Å². The first-order valence-electron chi connectivity index (χ1n) is 7.24. The molecular weight excluding hydrogens is 296 g/mol. The number of fused-ring (bicyclic) bond motifs is 1. The Hall–Kier alpha value is -2.10. The summed E-state index contributed by atoms with van der Waals surface area (Å²) in [5, 5.41) is 14.6. The first kappa shape index (κ1) is 14.8. The molecule has 112 valence electrons. The van der Waals surface area contributed by atoms with Gasteiger partial charge in [0.15, 0.2) is 0 Å². The Morgan fingerprint density at radius 3 is 2.68 bits per heavy atom. The lowest BCUT2D eigenvalue weighted by Gasteiger charge is -2.20. The zero-order valence-corrected chi connectivity index (χ0v) is 12.8. The Kier molecular flexibility index (Phi) is 4.56. The topological polar surface area (TPSA) is 45.1 Å². The largest absolute Gasteiger partial charge is 0.396 e. The normalized spacial score (nSPS) is 12.3.